The number of hydrogen-bond donors (Lipinski definition) is 1. The van der Waals surface area contributed by atoms with E-state index in [-0.39, 0.29) is 41.9 Å². The lowest BCUT2D eigenvalue weighted by atomic mass is 10.1. The second-order valence-electron chi connectivity index (χ2n) is 6.09. The average molecular weight is 355 g/mol. The van der Waals surface area contributed by atoms with Crippen molar-refractivity contribution in [2.75, 3.05) is 19.6 Å². The van der Waals surface area contributed by atoms with Crippen molar-refractivity contribution < 1.29 is 22.4 Å². The molecule has 0 bridgehead atoms. The molecule has 2 saturated heterocycles. The second-order valence-corrected chi connectivity index (χ2v) is 8.03. The van der Waals surface area contributed by atoms with Gasteiger partial charge in [0.2, 0.25) is 21.8 Å². The zero-order valence-electron chi connectivity index (χ0n) is 13.1. The van der Waals surface area contributed by atoms with Crippen LogP contribution in [0.1, 0.15) is 13.3 Å². The van der Waals surface area contributed by atoms with Crippen LogP contribution in [-0.4, -0.2) is 61.2 Å². The van der Waals surface area contributed by atoms with E-state index < -0.39 is 15.8 Å². The maximum absolute atomic E-state index is 13.3. The smallest absolute Gasteiger partial charge is 0.243 e. The standard InChI is InChI=1S/C15H18FN3O4S/c1-10(20)17-12-6-13-8-18(9-15(21)19(13)7-12)24(22,23)14-4-2-3-11(16)5-14/h2-5,12-13H,6-9H2,1H3,(H,17,20). The number of carbonyl (C=O) groups is 2. The van der Waals surface area contributed by atoms with Gasteiger partial charge in [0.15, 0.2) is 0 Å². The number of halogens is 1. The minimum atomic E-state index is -3.94. The Bertz CT molecular complexity index is 783. The number of hydrogen-bond acceptors (Lipinski definition) is 4. The SMILES string of the molecule is CC(=O)NC1CC2CN(S(=O)(=O)c3cccc(F)c3)CC(=O)N2C1. The lowest BCUT2D eigenvalue weighted by molar-refractivity contribution is -0.135. The van der Waals surface area contributed by atoms with Gasteiger partial charge >= 0.3 is 0 Å². The monoisotopic (exact) mass is 355 g/mol. The van der Waals surface area contributed by atoms with Crippen LogP contribution in [0.2, 0.25) is 0 Å². The minimum absolute atomic E-state index is 0.140. The fourth-order valence-electron chi connectivity index (χ4n) is 3.29. The summed E-state index contributed by atoms with van der Waals surface area (Å²) >= 11 is 0. The zero-order valence-corrected chi connectivity index (χ0v) is 13.9. The lowest BCUT2D eigenvalue weighted by Crippen LogP contribution is -2.55. The van der Waals surface area contributed by atoms with Crippen LogP contribution >= 0.6 is 0 Å². The van der Waals surface area contributed by atoms with Crippen molar-refractivity contribution in [1.82, 2.24) is 14.5 Å². The summed E-state index contributed by atoms with van der Waals surface area (Å²) in [5, 5.41) is 2.76. The third kappa shape index (κ3) is 3.13. The summed E-state index contributed by atoms with van der Waals surface area (Å²) in [5.74, 6) is -1.14. The number of piperazine rings is 1. The van der Waals surface area contributed by atoms with E-state index in [0.29, 0.717) is 13.0 Å². The van der Waals surface area contributed by atoms with Crippen LogP contribution in [0.5, 0.6) is 0 Å². The Kier molecular flexibility index (Phi) is 4.31. The van der Waals surface area contributed by atoms with Crippen molar-refractivity contribution in [2.24, 2.45) is 0 Å². The van der Waals surface area contributed by atoms with Crippen LogP contribution in [0.25, 0.3) is 0 Å². The van der Waals surface area contributed by atoms with Gasteiger partial charge in [-0.25, -0.2) is 12.8 Å². The molecule has 0 saturated carbocycles. The van der Waals surface area contributed by atoms with E-state index in [4.69, 9.17) is 0 Å². The molecule has 2 aliphatic rings. The number of nitrogens with one attached hydrogen (secondary N) is 1. The molecule has 2 unspecified atom stereocenters. The summed E-state index contributed by atoms with van der Waals surface area (Å²) in [5.41, 5.74) is 0. The van der Waals surface area contributed by atoms with Gasteiger partial charge in [-0.05, 0) is 24.6 Å². The summed E-state index contributed by atoms with van der Waals surface area (Å²) in [4.78, 5) is 24.9. The molecular weight excluding hydrogens is 337 g/mol. The van der Waals surface area contributed by atoms with Crippen molar-refractivity contribution in [3.05, 3.63) is 30.1 Å². The van der Waals surface area contributed by atoms with E-state index in [1.165, 1.54) is 19.1 Å². The van der Waals surface area contributed by atoms with Gasteiger partial charge in [0.25, 0.3) is 0 Å². The van der Waals surface area contributed by atoms with Gasteiger partial charge < -0.3 is 10.2 Å². The third-order valence-electron chi connectivity index (χ3n) is 4.30. The third-order valence-corrected chi connectivity index (χ3v) is 6.11. The number of rotatable bonds is 3. The number of amides is 2. The average Bonchev–Trinajstić information content (AvgIpc) is 2.89. The molecule has 2 atom stereocenters. The molecule has 0 spiro atoms. The van der Waals surface area contributed by atoms with Crippen molar-refractivity contribution in [1.29, 1.82) is 0 Å². The maximum atomic E-state index is 13.3. The van der Waals surface area contributed by atoms with Crippen LogP contribution in [0.15, 0.2) is 29.2 Å². The van der Waals surface area contributed by atoms with Gasteiger partial charge in [-0.1, -0.05) is 6.07 Å². The van der Waals surface area contributed by atoms with Crippen molar-refractivity contribution in [2.45, 2.75) is 30.3 Å². The van der Waals surface area contributed by atoms with Crippen LogP contribution in [0.3, 0.4) is 0 Å². The Labute approximate surface area is 139 Å². The fraction of sp³-hybridized carbons (Fsp3) is 0.467. The molecular formula is C15H18FN3O4S. The Morgan fingerprint density at radius 3 is 2.75 bits per heavy atom. The molecule has 3 rings (SSSR count). The molecule has 24 heavy (non-hydrogen) atoms. The zero-order chi connectivity index (χ0) is 17.5. The predicted molar refractivity (Wildman–Crippen MR) is 82.9 cm³/mol. The molecule has 1 N–H and O–H groups in total. The first-order valence-corrected chi connectivity index (χ1v) is 9.03. The van der Waals surface area contributed by atoms with E-state index in [1.54, 1.807) is 4.90 Å². The molecule has 1 aromatic rings. The molecule has 2 aliphatic heterocycles. The summed E-state index contributed by atoms with van der Waals surface area (Å²) < 4.78 is 39.7. The fourth-order valence-corrected chi connectivity index (χ4v) is 4.75. The topological polar surface area (TPSA) is 86.8 Å². The normalized spacial score (nSPS) is 24.8. The van der Waals surface area contributed by atoms with Crippen molar-refractivity contribution >= 4 is 21.8 Å². The van der Waals surface area contributed by atoms with E-state index >= 15 is 0 Å². The number of sulfonamides is 1. The first kappa shape index (κ1) is 16.8. The predicted octanol–water partition coefficient (Wildman–Crippen LogP) is -0.0644. The molecule has 0 aliphatic carbocycles. The molecule has 0 radical (unpaired) electrons. The summed E-state index contributed by atoms with van der Waals surface area (Å²) in [6.45, 7) is 1.65. The van der Waals surface area contributed by atoms with Gasteiger partial charge in [0.05, 0.1) is 11.4 Å². The Morgan fingerprint density at radius 1 is 1.33 bits per heavy atom. The molecule has 2 fully saturated rings. The Hall–Kier alpha value is -2.00. The van der Waals surface area contributed by atoms with E-state index in [9.17, 15) is 22.4 Å². The summed E-state index contributed by atoms with van der Waals surface area (Å²) in [7, 11) is -3.94. The van der Waals surface area contributed by atoms with Crippen LogP contribution < -0.4 is 5.32 Å². The molecule has 0 aromatic heterocycles. The van der Waals surface area contributed by atoms with Gasteiger partial charge in [0.1, 0.15) is 5.82 Å². The highest BCUT2D eigenvalue weighted by Gasteiger charge is 2.43. The van der Waals surface area contributed by atoms with Crippen LogP contribution in [0.4, 0.5) is 4.39 Å². The Morgan fingerprint density at radius 2 is 2.08 bits per heavy atom. The van der Waals surface area contributed by atoms with Crippen LogP contribution in [-0.2, 0) is 19.6 Å². The highest BCUT2D eigenvalue weighted by atomic mass is 32.2. The molecule has 2 amide bonds. The van der Waals surface area contributed by atoms with E-state index in [2.05, 4.69) is 5.32 Å². The minimum Gasteiger partial charge on any atom is -0.352 e. The molecule has 7 nitrogen and oxygen atoms in total. The highest BCUT2D eigenvalue weighted by Crippen LogP contribution is 2.27. The van der Waals surface area contributed by atoms with E-state index in [1.807, 2.05) is 0 Å². The number of fused-ring (bicyclic) bond motifs is 1. The van der Waals surface area contributed by atoms with Crippen molar-refractivity contribution in [3.63, 3.8) is 0 Å². The van der Waals surface area contributed by atoms with Crippen molar-refractivity contribution in [3.8, 4) is 0 Å². The number of carbonyl (C=O) groups excluding carboxylic acids is 2. The second kappa shape index (κ2) is 6.14. The first-order valence-electron chi connectivity index (χ1n) is 7.59. The Balaban J connectivity index is 1.80. The van der Waals surface area contributed by atoms with Crippen LogP contribution in [0, 0.1) is 5.82 Å². The van der Waals surface area contributed by atoms with Gasteiger partial charge in [0, 0.05) is 32.1 Å². The quantitative estimate of drug-likeness (QED) is 0.823. The van der Waals surface area contributed by atoms with E-state index in [0.717, 1.165) is 16.4 Å². The maximum Gasteiger partial charge on any atom is 0.243 e. The van der Waals surface area contributed by atoms with Gasteiger partial charge in [-0.15, -0.1) is 0 Å². The molecule has 130 valence electrons. The summed E-state index contributed by atoms with van der Waals surface area (Å²) in [6, 6.07) is 4.28. The molecule has 9 heteroatoms. The first-order chi connectivity index (χ1) is 11.3. The molecule has 1 aromatic carbocycles. The number of benzene rings is 1. The highest BCUT2D eigenvalue weighted by molar-refractivity contribution is 7.89. The number of nitrogens with zero attached hydrogens (tertiary/aromatic N) is 2. The van der Waals surface area contributed by atoms with Gasteiger partial charge in [-0.3, -0.25) is 9.59 Å². The lowest BCUT2D eigenvalue weighted by Gasteiger charge is -2.36. The largest absolute Gasteiger partial charge is 0.352 e. The van der Waals surface area contributed by atoms with Gasteiger partial charge in [-0.2, -0.15) is 4.31 Å². The summed E-state index contributed by atoms with van der Waals surface area (Å²) in [6.07, 6.45) is 0.500. The molecule has 2 heterocycles.